The zero-order valence-electron chi connectivity index (χ0n) is 12.2. The molecule has 4 rings (SSSR count). The van der Waals surface area contributed by atoms with Gasteiger partial charge in [0, 0.05) is 29.1 Å². The molecular weight excluding hydrogens is 262 g/mol. The van der Waals surface area contributed by atoms with Gasteiger partial charge in [0.25, 0.3) is 0 Å². The molecule has 1 aliphatic heterocycles. The van der Waals surface area contributed by atoms with Crippen molar-refractivity contribution in [2.24, 2.45) is 0 Å². The fraction of sp³-hybridized carbons (Fsp3) is 0.412. The van der Waals surface area contributed by atoms with Gasteiger partial charge >= 0.3 is 0 Å². The number of para-hydroxylation sites is 1. The molecule has 1 aromatic carbocycles. The second-order valence-electron chi connectivity index (χ2n) is 5.77. The molecule has 0 bridgehead atoms. The predicted molar refractivity (Wildman–Crippen MR) is 80.6 cm³/mol. The molecule has 4 heteroatoms. The molecular formula is C17H19N3O. The van der Waals surface area contributed by atoms with Crippen LogP contribution in [0.3, 0.4) is 0 Å². The first-order valence-electron chi connectivity index (χ1n) is 7.61. The van der Waals surface area contributed by atoms with E-state index in [2.05, 4.69) is 22.4 Å². The van der Waals surface area contributed by atoms with E-state index in [-0.39, 0.29) is 5.92 Å². The maximum Gasteiger partial charge on any atom is 0.139 e. The van der Waals surface area contributed by atoms with Gasteiger partial charge in [-0.1, -0.05) is 18.2 Å². The van der Waals surface area contributed by atoms with Crippen LogP contribution in [0.5, 0.6) is 5.75 Å². The van der Waals surface area contributed by atoms with E-state index in [0.29, 0.717) is 12.6 Å². The van der Waals surface area contributed by atoms with Crippen LogP contribution in [0.25, 0.3) is 0 Å². The van der Waals surface area contributed by atoms with Crippen molar-refractivity contribution in [2.75, 3.05) is 13.7 Å². The van der Waals surface area contributed by atoms with Gasteiger partial charge in [-0.3, -0.25) is 0 Å². The normalized spacial score (nSPS) is 23.3. The summed E-state index contributed by atoms with van der Waals surface area (Å²) in [5, 5.41) is 3.36. The number of rotatable bonds is 2. The number of aryl methyl sites for hydroxylation is 1. The third kappa shape index (κ3) is 2.10. The Hall–Kier alpha value is -1.94. The van der Waals surface area contributed by atoms with E-state index in [9.17, 15) is 0 Å². The van der Waals surface area contributed by atoms with E-state index in [1.165, 1.54) is 29.7 Å². The summed E-state index contributed by atoms with van der Waals surface area (Å²) in [6.45, 7) is 0.646. The Morgan fingerprint density at radius 1 is 1.24 bits per heavy atom. The van der Waals surface area contributed by atoms with Gasteiger partial charge in [-0.25, -0.2) is 9.97 Å². The van der Waals surface area contributed by atoms with Gasteiger partial charge in [-0.05, 0) is 32.4 Å². The molecule has 2 unspecified atom stereocenters. The number of aromatic nitrogens is 2. The number of nitrogens with one attached hydrogen (secondary N) is 1. The number of fused-ring (bicyclic) bond motifs is 2. The van der Waals surface area contributed by atoms with Gasteiger partial charge in [0.05, 0.1) is 5.92 Å². The first-order chi connectivity index (χ1) is 10.4. The smallest absolute Gasteiger partial charge is 0.139 e. The third-order valence-electron chi connectivity index (χ3n) is 4.56. The Kier molecular flexibility index (Phi) is 3.11. The Labute approximate surface area is 124 Å². The van der Waals surface area contributed by atoms with Crippen LogP contribution in [0.15, 0.2) is 30.5 Å². The van der Waals surface area contributed by atoms with Gasteiger partial charge in [-0.15, -0.1) is 0 Å². The standard InChI is InChI=1S/C17H19N3O/c1-18-14-6-4-7-15-12(14)9-19-17(20-15)13-10-21-16-8-3-2-5-11(13)16/h2-3,5,8-9,13-14,18H,4,6-7,10H2,1H3. The number of ether oxygens (including phenoxy) is 1. The topological polar surface area (TPSA) is 47.0 Å². The van der Waals surface area contributed by atoms with Crippen molar-refractivity contribution < 1.29 is 4.74 Å². The van der Waals surface area contributed by atoms with E-state index in [1.807, 2.05) is 25.4 Å². The summed E-state index contributed by atoms with van der Waals surface area (Å²) < 4.78 is 5.76. The van der Waals surface area contributed by atoms with Crippen LogP contribution in [-0.2, 0) is 6.42 Å². The molecule has 0 saturated carbocycles. The highest BCUT2D eigenvalue weighted by atomic mass is 16.5. The summed E-state index contributed by atoms with van der Waals surface area (Å²) in [6.07, 6.45) is 5.42. The lowest BCUT2D eigenvalue weighted by molar-refractivity contribution is 0.339. The molecule has 2 aliphatic rings. The molecule has 0 amide bonds. The lowest BCUT2D eigenvalue weighted by Gasteiger charge is -2.24. The third-order valence-corrected chi connectivity index (χ3v) is 4.56. The molecule has 2 aromatic rings. The van der Waals surface area contributed by atoms with Crippen LogP contribution in [0.1, 0.15) is 47.4 Å². The molecule has 2 atom stereocenters. The van der Waals surface area contributed by atoms with Gasteiger partial charge in [0.1, 0.15) is 18.2 Å². The molecule has 21 heavy (non-hydrogen) atoms. The van der Waals surface area contributed by atoms with Crippen LogP contribution < -0.4 is 10.1 Å². The summed E-state index contributed by atoms with van der Waals surface area (Å²) in [5.74, 6) is 2.04. The average molecular weight is 281 g/mol. The molecule has 0 saturated heterocycles. The number of benzene rings is 1. The highest BCUT2D eigenvalue weighted by molar-refractivity contribution is 5.43. The SMILES string of the molecule is CNC1CCCc2nc(C3COc4ccccc43)ncc21. The Bertz CT molecular complexity index is 671. The van der Waals surface area contributed by atoms with Crippen molar-refractivity contribution in [3.8, 4) is 5.75 Å². The Morgan fingerprint density at radius 2 is 2.14 bits per heavy atom. The Balaban J connectivity index is 1.72. The summed E-state index contributed by atoms with van der Waals surface area (Å²) in [4.78, 5) is 9.50. The lowest BCUT2D eigenvalue weighted by atomic mass is 9.92. The zero-order chi connectivity index (χ0) is 14.2. The number of hydrogen-bond acceptors (Lipinski definition) is 4. The van der Waals surface area contributed by atoms with Gasteiger partial charge in [0.15, 0.2) is 0 Å². The first kappa shape index (κ1) is 12.8. The lowest BCUT2D eigenvalue weighted by Crippen LogP contribution is -2.23. The summed E-state index contributed by atoms with van der Waals surface area (Å²) >= 11 is 0. The van der Waals surface area contributed by atoms with E-state index in [0.717, 1.165) is 18.0 Å². The predicted octanol–water partition coefficient (Wildman–Crippen LogP) is 2.60. The van der Waals surface area contributed by atoms with E-state index >= 15 is 0 Å². The van der Waals surface area contributed by atoms with Crippen LogP contribution >= 0.6 is 0 Å². The maximum absolute atomic E-state index is 5.76. The molecule has 108 valence electrons. The van der Waals surface area contributed by atoms with Crippen LogP contribution in [0, 0.1) is 0 Å². The second-order valence-corrected chi connectivity index (χ2v) is 5.77. The highest BCUT2D eigenvalue weighted by Gasteiger charge is 2.29. The monoisotopic (exact) mass is 281 g/mol. The van der Waals surface area contributed by atoms with Crippen molar-refractivity contribution >= 4 is 0 Å². The summed E-state index contributed by atoms with van der Waals surface area (Å²) in [5.41, 5.74) is 3.67. The minimum absolute atomic E-state index is 0.168. The van der Waals surface area contributed by atoms with Crippen LogP contribution in [0.4, 0.5) is 0 Å². The van der Waals surface area contributed by atoms with Crippen molar-refractivity contribution in [1.82, 2.24) is 15.3 Å². The molecule has 0 spiro atoms. The second kappa shape index (κ2) is 5.11. The summed E-state index contributed by atoms with van der Waals surface area (Å²) in [6, 6.07) is 8.59. The van der Waals surface area contributed by atoms with Crippen molar-refractivity contribution in [3.63, 3.8) is 0 Å². The van der Waals surface area contributed by atoms with Crippen molar-refractivity contribution in [1.29, 1.82) is 0 Å². The minimum Gasteiger partial charge on any atom is -0.492 e. The molecule has 2 heterocycles. The molecule has 1 aromatic heterocycles. The van der Waals surface area contributed by atoms with E-state index in [1.54, 1.807) is 0 Å². The van der Waals surface area contributed by atoms with Crippen LogP contribution in [0.2, 0.25) is 0 Å². The van der Waals surface area contributed by atoms with Gasteiger partial charge in [-0.2, -0.15) is 0 Å². The van der Waals surface area contributed by atoms with E-state index < -0.39 is 0 Å². The van der Waals surface area contributed by atoms with Crippen molar-refractivity contribution in [3.05, 3.63) is 53.1 Å². The minimum atomic E-state index is 0.168. The highest BCUT2D eigenvalue weighted by Crippen LogP contribution is 2.37. The molecule has 1 aliphatic carbocycles. The van der Waals surface area contributed by atoms with Crippen LogP contribution in [-0.4, -0.2) is 23.6 Å². The average Bonchev–Trinajstić information content (AvgIpc) is 2.97. The van der Waals surface area contributed by atoms with Gasteiger partial charge < -0.3 is 10.1 Å². The first-order valence-corrected chi connectivity index (χ1v) is 7.61. The van der Waals surface area contributed by atoms with Crippen molar-refractivity contribution in [2.45, 2.75) is 31.2 Å². The van der Waals surface area contributed by atoms with Gasteiger partial charge in [0.2, 0.25) is 0 Å². The fourth-order valence-electron chi connectivity index (χ4n) is 3.41. The summed E-state index contributed by atoms with van der Waals surface area (Å²) in [7, 11) is 2.01. The molecule has 4 nitrogen and oxygen atoms in total. The molecule has 0 fully saturated rings. The molecule has 0 radical (unpaired) electrons. The largest absolute Gasteiger partial charge is 0.492 e. The molecule has 1 N–H and O–H groups in total. The number of hydrogen-bond donors (Lipinski definition) is 1. The fourth-order valence-corrected chi connectivity index (χ4v) is 3.41. The quantitative estimate of drug-likeness (QED) is 0.919. The maximum atomic E-state index is 5.76. The number of nitrogens with zero attached hydrogens (tertiary/aromatic N) is 2. The Morgan fingerprint density at radius 3 is 3.05 bits per heavy atom. The van der Waals surface area contributed by atoms with E-state index in [4.69, 9.17) is 9.72 Å². The zero-order valence-corrected chi connectivity index (χ0v) is 12.2.